The second kappa shape index (κ2) is 7.31. The van der Waals surface area contributed by atoms with Gasteiger partial charge in [-0.2, -0.15) is 4.98 Å². The lowest BCUT2D eigenvalue weighted by atomic mass is 10.2. The fraction of sp³-hybridized carbons (Fsp3) is 0.118. The van der Waals surface area contributed by atoms with Gasteiger partial charge in [0.05, 0.1) is 0 Å². The standard InChI is InChI=1S/C17H16FN5/c18-15-3-1-13(2-4-15)11-21-16-7-10-20-17(23-16)22-12-14-5-8-19-9-6-14/h1-10H,11-12H2,(H2,20,21,22,23). The quantitative estimate of drug-likeness (QED) is 0.732. The van der Waals surface area contributed by atoms with Crippen LogP contribution in [-0.2, 0) is 13.1 Å². The highest BCUT2D eigenvalue weighted by Crippen LogP contribution is 2.10. The minimum Gasteiger partial charge on any atom is -0.366 e. The maximum atomic E-state index is 12.9. The highest BCUT2D eigenvalue weighted by atomic mass is 19.1. The zero-order valence-electron chi connectivity index (χ0n) is 12.4. The number of benzene rings is 1. The largest absolute Gasteiger partial charge is 0.366 e. The Morgan fingerprint density at radius 3 is 2.26 bits per heavy atom. The highest BCUT2D eigenvalue weighted by molar-refractivity contribution is 5.40. The Balaban J connectivity index is 1.57. The maximum absolute atomic E-state index is 12.9. The Morgan fingerprint density at radius 1 is 0.783 bits per heavy atom. The summed E-state index contributed by atoms with van der Waals surface area (Å²) in [6.07, 6.45) is 5.19. The summed E-state index contributed by atoms with van der Waals surface area (Å²) in [5.41, 5.74) is 2.09. The molecule has 116 valence electrons. The first kappa shape index (κ1) is 14.9. The molecule has 0 unspecified atom stereocenters. The zero-order valence-corrected chi connectivity index (χ0v) is 12.4. The Labute approximate surface area is 133 Å². The van der Waals surface area contributed by atoms with Crippen LogP contribution in [0.2, 0.25) is 0 Å². The van der Waals surface area contributed by atoms with Crippen LogP contribution in [0.4, 0.5) is 16.2 Å². The van der Waals surface area contributed by atoms with Crippen LogP contribution < -0.4 is 10.6 Å². The van der Waals surface area contributed by atoms with Crippen molar-refractivity contribution >= 4 is 11.8 Å². The lowest BCUT2D eigenvalue weighted by Gasteiger charge is -2.08. The molecule has 6 heteroatoms. The van der Waals surface area contributed by atoms with Gasteiger partial charge in [-0.25, -0.2) is 9.37 Å². The van der Waals surface area contributed by atoms with E-state index in [1.165, 1.54) is 12.1 Å². The fourth-order valence-corrected chi connectivity index (χ4v) is 2.02. The van der Waals surface area contributed by atoms with Crippen molar-refractivity contribution in [2.75, 3.05) is 10.6 Å². The molecule has 2 heterocycles. The number of nitrogens with one attached hydrogen (secondary N) is 2. The van der Waals surface area contributed by atoms with Gasteiger partial charge in [0, 0.05) is 31.7 Å². The number of aromatic nitrogens is 3. The van der Waals surface area contributed by atoms with Crippen LogP contribution in [0.3, 0.4) is 0 Å². The molecule has 3 aromatic rings. The summed E-state index contributed by atoms with van der Waals surface area (Å²) in [7, 11) is 0. The van der Waals surface area contributed by atoms with Gasteiger partial charge in [0.25, 0.3) is 0 Å². The molecule has 0 atom stereocenters. The van der Waals surface area contributed by atoms with Crippen LogP contribution in [0, 0.1) is 5.82 Å². The van der Waals surface area contributed by atoms with Crippen LogP contribution in [-0.4, -0.2) is 15.0 Å². The van der Waals surface area contributed by atoms with Crippen molar-refractivity contribution in [3.8, 4) is 0 Å². The van der Waals surface area contributed by atoms with E-state index in [1.807, 2.05) is 12.1 Å². The molecule has 0 fully saturated rings. The molecule has 3 rings (SSSR count). The summed E-state index contributed by atoms with van der Waals surface area (Å²) in [6, 6.07) is 12.0. The van der Waals surface area contributed by atoms with Crippen molar-refractivity contribution in [2.24, 2.45) is 0 Å². The molecule has 0 saturated heterocycles. The Kier molecular flexibility index (Phi) is 4.73. The highest BCUT2D eigenvalue weighted by Gasteiger charge is 2.00. The molecule has 5 nitrogen and oxygen atoms in total. The Morgan fingerprint density at radius 2 is 1.48 bits per heavy atom. The summed E-state index contributed by atoms with van der Waals surface area (Å²) < 4.78 is 12.9. The van der Waals surface area contributed by atoms with E-state index in [-0.39, 0.29) is 5.82 Å². The van der Waals surface area contributed by atoms with Gasteiger partial charge >= 0.3 is 0 Å². The predicted octanol–water partition coefficient (Wildman–Crippen LogP) is 3.23. The minimum atomic E-state index is -0.238. The van der Waals surface area contributed by atoms with Crippen molar-refractivity contribution < 1.29 is 4.39 Å². The molecule has 0 aliphatic heterocycles. The smallest absolute Gasteiger partial charge is 0.224 e. The predicted molar refractivity (Wildman–Crippen MR) is 87.3 cm³/mol. The Bertz CT molecular complexity index is 746. The molecule has 0 saturated carbocycles. The number of hydrogen-bond donors (Lipinski definition) is 2. The molecule has 0 amide bonds. The van der Waals surface area contributed by atoms with Crippen LogP contribution in [0.15, 0.2) is 61.1 Å². The van der Waals surface area contributed by atoms with Crippen molar-refractivity contribution in [3.63, 3.8) is 0 Å². The summed E-state index contributed by atoms with van der Waals surface area (Å²) >= 11 is 0. The lowest BCUT2D eigenvalue weighted by Crippen LogP contribution is -2.06. The second-order valence-electron chi connectivity index (χ2n) is 4.95. The zero-order chi connectivity index (χ0) is 15.9. The third kappa shape index (κ3) is 4.47. The number of halogens is 1. The number of anilines is 2. The molecule has 0 aliphatic rings. The molecule has 0 radical (unpaired) electrons. The van der Waals surface area contributed by atoms with Crippen molar-refractivity contribution in [1.29, 1.82) is 0 Å². The van der Waals surface area contributed by atoms with Crippen molar-refractivity contribution in [1.82, 2.24) is 15.0 Å². The lowest BCUT2D eigenvalue weighted by molar-refractivity contribution is 0.627. The van der Waals surface area contributed by atoms with Gasteiger partial charge in [0.15, 0.2) is 0 Å². The molecular formula is C17H16FN5. The average molecular weight is 309 g/mol. The van der Waals surface area contributed by atoms with Gasteiger partial charge < -0.3 is 10.6 Å². The third-order valence-electron chi connectivity index (χ3n) is 3.24. The summed E-state index contributed by atoms with van der Waals surface area (Å²) in [5, 5.41) is 6.36. The van der Waals surface area contributed by atoms with E-state index >= 15 is 0 Å². The fourth-order valence-electron chi connectivity index (χ4n) is 2.02. The first-order valence-corrected chi connectivity index (χ1v) is 7.24. The normalized spacial score (nSPS) is 10.3. The Hall–Kier alpha value is -3.02. The molecule has 2 aromatic heterocycles. The first-order chi connectivity index (χ1) is 11.3. The van der Waals surface area contributed by atoms with Crippen molar-refractivity contribution in [3.05, 3.63) is 78.0 Å². The van der Waals surface area contributed by atoms with E-state index < -0.39 is 0 Å². The number of pyridine rings is 1. The summed E-state index contributed by atoms with van der Waals surface area (Å²) in [5.74, 6) is 1.02. The maximum Gasteiger partial charge on any atom is 0.224 e. The van der Waals surface area contributed by atoms with E-state index in [1.54, 1.807) is 36.8 Å². The minimum absolute atomic E-state index is 0.238. The number of nitrogens with zero attached hydrogens (tertiary/aromatic N) is 3. The SMILES string of the molecule is Fc1ccc(CNc2ccnc(NCc3ccncc3)n2)cc1. The van der Waals surface area contributed by atoms with Gasteiger partial charge in [-0.05, 0) is 41.5 Å². The molecule has 1 aromatic carbocycles. The molecule has 0 aliphatic carbocycles. The third-order valence-corrected chi connectivity index (χ3v) is 3.24. The molecule has 2 N–H and O–H groups in total. The monoisotopic (exact) mass is 309 g/mol. The van der Waals surface area contributed by atoms with E-state index in [4.69, 9.17) is 0 Å². The summed E-state index contributed by atoms with van der Waals surface area (Å²) in [4.78, 5) is 12.6. The van der Waals surface area contributed by atoms with Crippen LogP contribution in [0.1, 0.15) is 11.1 Å². The van der Waals surface area contributed by atoms with E-state index in [2.05, 4.69) is 25.6 Å². The average Bonchev–Trinajstić information content (AvgIpc) is 2.61. The van der Waals surface area contributed by atoms with E-state index in [0.29, 0.717) is 24.9 Å². The van der Waals surface area contributed by atoms with E-state index in [0.717, 1.165) is 11.1 Å². The van der Waals surface area contributed by atoms with Crippen LogP contribution in [0.25, 0.3) is 0 Å². The molecular weight excluding hydrogens is 293 g/mol. The van der Waals surface area contributed by atoms with Crippen LogP contribution in [0.5, 0.6) is 0 Å². The molecule has 0 spiro atoms. The van der Waals surface area contributed by atoms with E-state index in [9.17, 15) is 4.39 Å². The van der Waals surface area contributed by atoms with Crippen molar-refractivity contribution in [2.45, 2.75) is 13.1 Å². The summed E-state index contributed by atoms with van der Waals surface area (Å²) in [6.45, 7) is 1.20. The second-order valence-corrected chi connectivity index (χ2v) is 4.95. The van der Waals surface area contributed by atoms with Gasteiger partial charge in [-0.1, -0.05) is 12.1 Å². The van der Waals surface area contributed by atoms with Gasteiger partial charge in [-0.3, -0.25) is 4.98 Å². The number of rotatable bonds is 6. The number of hydrogen-bond acceptors (Lipinski definition) is 5. The topological polar surface area (TPSA) is 62.7 Å². The molecule has 23 heavy (non-hydrogen) atoms. The molecule has 0 bridgehead atoms. The van der Waals surface area contributed by atoms with Gasteiger partial charge in [-0.15, -0.1) is 0 Å². The van der Waals surface area contributed by atoms with Gasteiger partial charge in [0.2, 0.25) is 5.95 Å². The van der Waals surface area contributed by atoms with Gasteiger partial charge in [0.1, 0.15) is 11.6 Å². The van der Waals surface area contributed by atoms with Crippen LogP contribution >= 0.6 is 0 Å². The first-order valence-electron chi connectivity index (χ1n) is 7.24.